The van der Waals surface area contributed by atoms with Crippen LogP contribution in [0.2, 0.25) is 0 Å². The Morgan fingerprint density at radius 1 is 1.03 bits per heavy atom. The largest absolute Gasteiger partial charge is 0.497 e. The number of nitrogens with one attached hydrogen (secondary N) is 2. The van der Waals surface area contributed by atoms with Crippen molar-refractivity contribution < 1.29 is 19.1 Å². The highest BCUT2D eigenvalue weighted by molar-refractivity contribution is 5.93. The topological polar surface area (TPSA) is 83.1 Å². The van der Waals surface area contributed by atoms with Crippen LogP contribution in [-0.4, -0.2) is 69.8 Å². The van der Waals surface area contributed by atoms with Crippen LogP contribution in [0, 0.1) is 0 Å². The lowest BCUT2D eigenvalue weighted by Gasteiger charge is -2.28. The van der Waals surface area contributed by atoms with E-state index in [-0.39, 0.29) is 18.4 Å². The number of benzene rings is 2. The molecule has 172 valence electrons. The van der Waals surface area contributed by atoms with Gasteiger partial charge >= 0.3 is 0 Å². The standard InChI is InChI=1S/C24H32N4O4/c1-3-27(18-24(30)26-20-5-4-6-22(17-20)31-2)12-11-23(29)25-19-7-9-21(10-8-19)28-13-15-32-16-14-28/h4-10,17H,3,11-16,18H2,1-2H3,(H,25,29)(H,26,30). The van der Waals surface area contributed by atoms with Crippen LogP contribution < -0.4 is 20.3 Å². The Hall–Kier alpha value is -3.10. The van der Waals surface area contributed by atoms with Crippen LogP contribution in [-0.2, 0) is 14.3 Å². The van der Waals surface area contributed by atoms with Crippen molar-refractivity contribution in [1.82, 2.24) is 4.90 Å². The van der Waals surface area contributed by atoms with Crippen LogP contribution in [0.25, 0.3) is 0 Å². The normalized spacial score (nSPS) is 13.7. The van der Waals surface area contributed by atoms with Gasteiger partial charge in [0.1, 0.15) is 5.75 Å². The number of hydrogen-bond acceptors (Lipinski definition) is 6. The molecule has 8 nitrogen and oxygen atoms in total. The second-order valence-corrected chi connectivity index (χ2v) is 7.59. The van der Waals surface area contributed by atoms with E-state index in [1.807, 2.05) is 54.3 Å². The average molecular weight is 441 g/mol. The molecule has 0 aliphatic carbocycles. The summed E-state index contributed by atoms with van der Waals surface area (Å²) in [4.78, 5) is 29.0. The van der Waals surface area contributed by atoms with Crippen LogP contribution in [0.4, 0.5) is 17.1 Å². The summed E-state index contributed by atoms with van der Waals surface area (Å²) < 4.78 is 10.6. The summed E-state index contributed by atoms with van der Waals surface area (Å²) >= 11 is 0. The summed E-state index contributed by atoms with van der Waals surface area (Å²) in [5, 5.41) is 5.80. The van der Waals surface area contributed by atoms with Gasteiger partial charge in [-0.1, -0.05) is 13.0 Å². The van der Waals surface area contributed by atoms with Crippen molar-refractivity contribution >= 4 is 28.9 Å². The van der Waals surface area contributed by atoms with Crippen molar-refractivity contribution in [3.05, 3.63) is 48.5 Å². The van der Waals surface area contributed by atoms with Gasteiger partial charge in [-0.15, -0.1) is 0 Å². The third-order valence-electron chi connectivity index (χ3n) is 5.35. The molecule has 0 bridgehead atoms. The van der Waals surface area contributed by atoms with Crippen molar-refractivity contribution in [3.8, 4) is 5.75 Å². The number of ether oxygens (including phenoxy) is 2. The van der Waals surface area contributed by atoms with Gasteiger partial charge in [0.2, 0.25) is 11.8 Å². The van der Waals surface area contributed by atoms with Gasteiger partial charge in [-0.25, -0.2) is 0 Å². The fourth-order valence-corrected chi connectivity index (χ4v) is 3.51. The summed E-state index contributed by atoms with van der Waals surface area (Å²) in [6.45, 7) is 6.60. The molecule has 3 rings (SSSR count). The third kappa shape index (κ3) is 7.25. The summed E-state index contributed by atoms with van der Waals surface area (Å²) in [6.07, 6.45) is 0.311. The van der Waals surface area contributed by atoms with E-state index in [2.05, 4.69) is 15.5 Å². The second-order valence-electron chi connectivity index (χ2n) is 7.59. The molecule has 0 radical (unpaired) electrons. The fourth-order valence-electron chi connectivity index (χ4n) is 3.51. The van der Waals surface area contributed by atoms with E-state index in [9.17, 15) is 9.59 Å². The number of morpholine rings is 1. The molecule has 8 heteroatoms. The van der Waals surface area contributed by atoms with E-state index >= 15 is 0 Å². The minimum Gasteiger partial charge on any atom is -0.497 e. The van der Waals surface area contributed by atoms with Crippen LogP contribution in [0.15, 0.2) is 48.5 Å². The van der Waals surface area contributed by atoms with Crippen molar-refractivity contribution in [2.75, 3.05) is 68.6 Å². The monoisotopic (exact) mass is 440 g/mol. The third-order valence-corrected chi connectivity index (χ3v) is 5.35. The molecule has 32 heavy (non-hydrogen) atoms. The number of anilines is 3. The van der Waals surface area contributed by atoms with Crippen LogP contribution in [0.3, 0.4) is 0 Å². The molecule has 2 amide bonds. The number of carbonyl (C=O) groups is 2. The number of likely N-dealkylation sites (N-methyl/N-ethyl adjacent to an activating group) is 1. The number of amides is 2. The van der Waals surface area contributed by atoms with E-state index in [4.69, 9.17) is 9.47 Å². The maximum atomic E-state index is 12.4. The Kier molecular flexibility index (Phi) is 8.89. The fraction of sp³-hybridized carbons (Fsp3) is 0.417. The Bertz CT molecular complexity index is 882. The van der Waals surface area contributed by atoms with Crippen molar-refractivity contribution in [2.24, 2.45) is 0 Å². The quantitative estimate of drug-likeness (QED) is 0.591. The molecule has 0 aromatic heterocycles. The van der Waals surface area contributed by atoms with Gasteiger partial charge in [-0.05, 0) is 42.9 Å². The highest BCUT2D eigenvalue weighted by atomic mass is 16.5. The first-order chi connectivity index (χ1) is 15.6. The first-order valence-corrected chi connectivity index (χ1v) is 11.0. The van der Waals surface area contributed by atoms with Crippen LogP contribution >= 0.6 is 0 Å². The number of hydrogen-bond donors (Lipinski definition) is 2. The number of methoxy groups -OCH3 is 1. The van der Waals surface area contributed by atoms with E-state index in [1.165, 1.54) is 0 Å². The Morgan fingerprint density at radius 2 is 1.75 bits per heavy atom. The zero-order chi connectivity index (χ0) is 22.8. The number of nitrogens with zero attached hydrogens (tertiary/aromatic N) is 2. The Labute approximate surface area is 189 Å². The van der Waals surface area contributed by atoms with Gasteiger partial charge in [0, 0.05) is 49.2 Å². The van der Waals surface area contributed by atoms with E-state index in [0.717, 1.165) is 37.7 Å². The van der Waals surface area contributed by atoms with Crippen molar-refractivity contribution in [2.45, 2.75) is 13.3 Å². The molecule has 1 aliphatic heterocycles. The maximum absolute atomic E-state index is 12.4. The molecular weight excluding hydrogens is 408 g/mol. The van der Waals surface area contributed by atoms with Gasteiger partial charge in [-0.2, -0.15) is 0 Å². The molecule has 2 aromatic rings. The highest BCUT2D eigenvalue weighted by Gasteiger charge is 2.13. The molecule has 2 aromatic carbocycles. The van der Waals surface area contributed by atoms with E-state index < -0.39 is 0 Å². The van der Waals surface area contributed by atoms with Crippen molar-refractivity contribution in [1.29, 1.82) is 0 Å². The maximum Gasteiger partial charge on any atom is 0.238 e. The first-order valence-electron chi connectivity index (χ1n) is 11.0. The van der Waals surface area contributed by atoms with Crippen LogP contribution in [0.5, 0.6) is 5.75 Å². The minimum absolute atomic E-state index is 0.0734. The smallest absolute Gasteiger partial charge is 0.238 e. The average Bonchev–Trinajstić information content (AvgIpc) is 2.83. The first kappa shape index (κ1) is 23.6. The lowest BCUT2D eigenvalue weighted by atomic mass is 10.2. The zero-order valence-corrected chi connectivity index (χ0v) is 18.8. The predicted molar refractivity (Wildman–Crippen MR) is 126 cm³/mol. The molecule has 0 spiro atoms. The summed E-state index contributed by atoms with van der Waals surface area (Å²) in [7, 11) is 1.59. The van der Waals surface area contributed by atoms with Crippen LogP contribution in [0.1, 0.15) is 13.3 Å². The summed E-state index contributed by atoms with van der Waals surface area (Å²) in [6, 6.07) is 15.1. The minimum atomic E-state index is -0.126. The molecule has 0 saturated carbocycles. The molecule has 0 unspecified atom stereocenters. The molecular formula is C24H32N4O4. The molecule has 1 aliphatic rings. The molecule has 0 atom stereocenters. The molecule has 1 fully saturated rings. The lowest BCUT2D eigenvalue weighted by Crippen LogP contribution is -2.36. The summed E-state index contributed by atoms with van der Waals surface area (Å²) in [5.41, 5.74) is 2.58. The van der Waals surface area contributed by atoms with Gasteiger partial charge < -0.3 is 25.0 Å². The van der Waals surface area contributed by atoms with Gasteiger partial charge in [0.25, 0.3) is 0 Å². The predicted octanol–water partition coefficient (Wildman–Crippen LogP) is 2.82. The Balaban J connectivity index is 1.42. The molecule has 1 heterocycles. The lowest BCUT2D eigenvalue weighted by molar-refractivity contribution is -0.119. The van der Waals surface area contributed by atoms with Gasteiger partial charge in [0.15, 0.2) is 0 Å². The number of rotatable bonds is 10. The molecule has 1 saturated heterocycles. The number of carbonyl (C=O) groups excluding carboxylic acids is 2. The molecule has 2 N–H and O–H groups in total. The van der Waals surface area contributed by atoms with Gasteiger partial charge in [-0.3, -0.25) is 14.5 Å². The Morgan fingerprint density at radius 3 is 2.44 bits per heavy atom. The van der Waals surface area contributed by atoms with Gasteiger partial charge in [0.05, 0.1) is 26.9 Å². The second kappa shape index (κ2) is 12.1. The SMILES string of the molecule is CCN(CCC(=O)Nc1ccc(N2CCOCC2)cc1)CC(=O)Nc1cccc(OC)c1. The van der Waals surface area contributed by atoms with Crippen molar-refractivity contribution in [3.63, 3.8) is 0 Å². The van der Waals surface area contributed by atoms with E-state index in [0.29, 0.717) is 30.9 Å². The summed E-state index contributed by atoms with van der Waals surface area (Å²) in [5.74, 6) is 0.486. The highest BCUT2D eigenvalue weighted by Crippen LogP contribution is 2.19. The van der Waals surface area contributed by atoms with E-state index in [1.54, 1.807) is 13.2 Å². The zero-order valence-electron chi connectivity index (χ0n) is 18.8.